The summed E-state index contributed by atoms with van der Waals surface area (Å²) in [6.07, 6.45) is 1.20. The van der Waals surface area contributed by atoms with Crippen LogP contribution in [0.2, 0.25) is 0 Å². The number of hydrogen-bond donors (Lipinski definition) is 2. The normalized spacial score (nSPS) is 26.5. The number of nitrogens with one attached hydrogen (secondary N) is 1. The first-order valence-electron chi connectivity index (χ1n) is 5.29. The molecule has 94 valence electrons. The number of carbonyl (C=O) groups excluding carboxylic acids is 1. The van der Waals surface area contributed by atoms with Crippen molar-refractivity contribution in [2.75, 3.05) is 26.4 Å². The van der Waals surface area contributed by atoms with Crippen molar-refractivity contribution in [3.05, 3.63) is 0 Å². The Morgan fingerprint density at radius 3 is 2.62 bits per heavy atom. The maximum atomic E-state index is 11.7. The minimum Gasteiger partial charge on any atom is -0.394 e. The van der Waals surface area contributed by atoms with Crippen LogP contribution < -0.4 is 5.32 Å². The van der Waals surface area contributed by atoms with E-state index in [0.29, 0.717) is 32.6 Å². The van der Waals surface area contributed by atoms with Crippen LogP contribution in [0.4, 0.5) is 0 Å². The standard InChI is InChI=1S/C10H17Cl2NO3/c1-9(7-10(9,11)12)8(15)13-3-2-5-16-6-4-14/h14H,2-7H2,1H3,(H,13,15). The Kier molecular flexibility index (Phi) is 4.86. The zero-order valence-corrected chi connectivity index (χ0v) is 10.8. The molecule has 0 radical (unpaired) electrons. The van der Waals surface area contributed by atoms with Gasteiger partial charge in [-0.05, 0) is 19.8 Å². The quantitative estimate of drug-likeness (QED) is 0.537. The van der Waals surface area contributed by atoms with Crippen LogP contribution in [0.25, 0.3) is 0 Å². The summed E-state index contributed by atoms with van der Waals surface area (Å²) in [6.45, 7) is 3.16. The van der Waals surface area contributed by atoms with Gasteiger partial charge in [-0.15, -0.1) is 23.2 Å². The average Bonchev–Trinajstić information content (AvgIpc) is 2.73. The van der Waals surface area contributed by atoms with Crippen LogP contribution in [0.1, 0.15) is 19.8 Å². The van der Waals surface area contributed by atoms with Gasteiger partial charge in [0, 0.05) is 13.2 Å². The zero-order chi connectivity index (χ0) is 12.2. The van der Waals surface area contributed by atoms with Crippen LogP contribution in [0, 0.1) is 5.41 Å². The van der Waals surface area contributed by atoms with Crippen molar-refractivity contribution in [2.24, 2.45) is 5.41 Å². The first-order chi connectivity index (χ1) is 7.44. The second-order valence-corrected chi connectivity index (χ2v) is 5.64. The van der Waals surface area contributed by atoms with Crippen molar-refractivity contribution < 1.29 is 14.6 Å². The SMILES string of the molecule is CC1(C(=O)NCCCOCCO)CC1(Cl)Cl. The molecule has 2 N–H and O–H groups in total. The summed E-state index contributed by atoms with van der Waals surface area (Å²) >= 11 is 11.8. The van der Waals surface area contributed by atoms with E-state index in [2.05, 4.69) is 5.32 Å². The van der Waals surface area contributed by atoms with Crippen LogP contribution in [0.15, 0.2) is 0 Å². The molecule has 1 saturated carbocycles. The highest BCUT2D eigenvalue weighted by molar-refractivity contribution is 6.53. The van der Waals surface area contributed by atoms with Gasteiger partial charge in [0.15, 0.2) is 0 Å². The minimum atomic E-state index is -0.912. The third-order valence-electron chi connectivity index (χ3n) is 2.75. The Labute approximate surface area is 105 Å². The fourth-order valence-corrected chi connectivity index (χ4v) is 2.09. The fourth-order valence-electron chi connectivity index (χ4n) is 1.38. The molecule has 0 aliphatic heterocycles. The highest BCUT2D eigenvalue weighted by Crippen LogP contribution is 2.63. The maximum absolute atomic E-state index is 11.7. The van der Waals surface area contributed by atoms with Crippen LogP contribution in [0.3, 0.4) is 0 Å². The van der Waals surface area contributed by atoms with Gasteiger partial charge in [0.2, 0.25) is 5.91 Å². The largest absolute Gasteiger partial charge is 0.394 e. The van der Waals surface area contributed by atoms with E-state index in [1.165, 1.54) is 0 Å². The lowest BCUT2D eigenvalue weighted by Crippen LogP contribution is -2.34. The average molecular weight is 270 g/mol. The lowest BCUT2D eigenvalue weighted by Gasteiger charge is -2.12. The van der Waals surface area contributed by atoms with Gasteiger partial charge in [-0.25, -0.2) is 0 Å². The van der Waals surface area contributed by atoms with Crippen molar-refractivity contribution in [2.45, 2.75) is 24.1 Å². The van der Waals surface area contributed by atoms with Gasteiger partial charge in [-0.3, -0.25) is 4.79 Å². The van der Waals surface area contributed by atoms with E-state index in [1.54, 1.807) is 6.92 Å². The summed E-state index contributed by atoms with van der Waals surface area (Å²) < 4.78 is 4.14. The van der Waals surface area contributed by atoms with Crippen LogP contribution in [0.5, 0.6) is 0 Å². The third kappa shape index (κ3) is 3.23. The summed E-state index contributed by atoms with van der Waals surface area (Å²) in [5.74, 6) is -0.111. The highest BCUT2D eigenvalue weighted by Gasteiger charge is 2.67. The molecule has 0 aromatic rings. The second kappa shape index (κ2) is 5.54. The molecule has 4 nitrogen and oxygen atoms in total. The van der Waals surface area contributed by atoms with Gasteiger partial charge >= 0.3 is 0 Å². The van der Waals surface area contributed by atoms with Crippen molar-refractivity contribution in [1.29, 1.82) is 0 Å². The molecule has 0 bridgehead atoms. The highest BCUT2D eigenvalue weighted by atomic mass is 35.5. The van der Waals surface area contributed by atoms with Gasteiger partial charge < -0.3 is 15.2 Å². The lowest BCUT2D eigenvalue weighted by atomic mass is 10.1. The monoisotopic (exact) mass is 269 g/mol. The smallest absolute Gasteiger partial charge is 0.229 e. The number of rotatable bonds is 7. The molecule has 0 aromatic heterocycles. The van der Waals surface area contributed by atoms with E-state index in [4.69, 9.17) is 33.0 Å². The van der Waals surface area contributed by atoms with E-state index in [9.17, 15) is 4.79 Å². The molecule has 0 heterocycles. The van der Waals surface area contributed by atoms with Gasteiger partial charge in [0.25, 0.3) is 0 Å². The molecule has 6 heteroatoms. The van der Waals surface area contributed by atoms with Crippen LogP contribution in [-0.4, -0.2) is 41.7 Å². The Bertz CT molecular complexity index is 260. The van der Waals surface area contributed by atoms with Crippen molar-refractivity contribution in [1.82, 2.24) is 5.32 Å². The van der Waals surface area contributed by atoms with E-state index in [0.717, 1.165) is 0 Å². The van der Waals surface area contributed by atoms with Gasteiger partial charge in [-0.1, -0.05) is 0 Å². The number of aliphatic hydroxyl groups is 1. The van der Waals surface area contributed by atoms with Crippen LogP contribution >= 0.6 is 23.2 Å². The number of ether oxygens (including phenoxy) is 1. The predicted molar refractivity (Wildman–Crippen MR) is 62.7 cm³/mol. The number of alkyl halides is 2. The number of amides is 1. The number of aliphatic hydroxyl groups excluding tert-OH is 1. The molecule has 1 atom stereocenters. The molecule has 0 saturated heterocycles. The van der Waals surface area contributed by atoms with Gasteiger partial charge in [0.05, 0.1) is 18.6 Å². The van der Waals surface area contributed by atoms with E-state index < -0.39 is 9.75 Å². The Morgan fingerprint density at radius 2 is 2.12 bits per heavy atom. The molecule has 0 aromatic carbocycles. The van der Waals surface area contributed by atoms with Crippen molar-refractivity contribution in [3.63, 3.8) is 0 Å². The van der Waals surface area contributed by atoms with E-state index in [1.807, 2.05) is 0 Å². The molecule has 1 aliphatic rings. The molecule has 16 heavy (non-hydrogen) atoms. The van der Waals surface area contributed by atoms with Crippen molar-refractivity contribution >= 4 is 29.1 Å². The summed E-state index contributed by atoms with van der Waals surface area (Å²) in [4.78, 5) is 11.7. The number of halogens is 2. The van der Waals surface area contributed by atoms with Gasteiger partial charge in [0.1, 0.15) is 4.33 Å². The van der Waals surface area contributed by atoms with E-state index >= 15 is 0 Å². The maximum Gasteiger partial charge on any atom is 0.229 e. The second-order valence-electron chi connectivity index (χ2n) is 4.16. The fraction of sp³-hybridized carbons (Fsp3) is 0.900. The molecular formula is C10H17Cl2NO3. The zero-order valence-electron chi connectivity index (χ0n) is 9.26. The molecule has 1 amide bonds. The lowest BCUT2D eigenvalue weighted by molar-refractivity contribution is -0.125. The molecule has 0 spiro atoms. The van der Waals surface area contributed by atoms with Crippen molar-refractivity contribution in [3.8, 4) is 0 Å². The molecule has 1 fully saturated rings. The molecule has 1 unspecified atom stereocenters. The number of hydrogen-bond acceptors (Lipinski definition) is 3. The Hall–Kier alpha value is -0.0300. The predicted octanol–water partition coefficient (Wildman–Crippen LogP) is 1.09. The van der Waals surface area contributed by atoms with Crippen LogP contribution in [-0.2, 0) is 9.53 Å². The molecule has 1 aliphatic carbocycles. The topological polar surface area (TPSA) is 58.6 Å². The van der Waals surface area contributed by atoms with Gasteiger partial charge in [-0.2, -0.15) is 0 Å². The molecular weight excluding hydrogens is 253 g/mol. The Balaban J connectivity index is 2.08. The van der Waals surface area contributed by atoms with E-state index in [-0.39, 0.29) is 12.5 Å². The Morgan fingerprint density at radius 1 is 1.50 bits per heavy atom. The molecule has 1 rings (SSSR count). The third-order valence-corrected chi connectivity index (χ3v) is 3.85. The summed E-state index contributed by atoms with van der Waals surface area (Å²) in [6, 6.07) is 0. The summed E-state index contributed by atoms with van der Waals surface area (Å²) in [5.41, 5.74) is -0.651. The minimum absolute atomic E-state index is 0.0193. The summed E-state index contributed by atoms with van der Waals surface area (Å²) in [7, 11) is 0. The first kappa shape index (κ1) is 14.0. The number of carbonyl (C=O) groups is 1. The first-order valence-corrected chi connectivity index (χ1v) is 6.04. The summed E-state index contributed by atoms with van der Waals surface area (Å²) in [5, 5.41) is 11.2.